The quantitative estimate of drug-likeness (QED) is 0.782. The molecule has 2 aromatic carbocycles. The largest absolute Gasteiger partial charge is 0.316 e. The lowest BCUT2D eigenvalue weighted by Gasteiger charge is -2.19. The van der Waals surface area contributed by atoms with Crippen molar-refractivity contribution in [3.63, 3.8) is 0 Å². The van der Waals surface area contributed by atoms with E-state index in [1.54, 1.807) is 12.1 Å². The first-order valence-corrected chi connectivity index (χ1v) is 7.76. The predicted molar refractivity (Wildman–Crippen MR) is 87.9 cm³/mol. The molecule has 0 aliphatic rings. The van der Waals surface area contributed by atoms with Crippen LogP contribution in [0, 0.1) is 5.82 Å². The Bertz CT molecular complexity index is 581. The first-order chi connectivity index (χ1) is 10.1. The number of hydrogen-bond acceptors (Lipinski definition) is 1. The van der Waals surface area contributed by atoms with E-state index in [-0.39, 0.29) is 11.7 Å². The first-order valence-electron chi connectivity index (χ1n) is 7.01. The van der Waals surface area contributed by atoms with Crippen LogP contribution in [0.25, 0.3) is 0 Å². The van der Waals surface area contributed by atoms with Gasteiger partial charge in [0.2, 0.25) is 0 Å². The Morgan fingerprint density at radius 2 is 1.90 bits per heavy atom. The number of halogens is 3. The molecule has 1 N–H and O–H groups in total. The third-order valence-corrected chi connectivity index (χ3v) is 4.06. The van der Waals surface area contributed by atoms with Crippen LogP contribution in [-0.2, 0) is 6.42 Å². The van der Waals surface area contributed by atoms with E-state index in [4.69, 9.17) is 23.2 Å². The molecular weight excluding hydrogens is 308 g/mol. The third kappa shape index (κ3) is 4.44. The van der Waals surface area contributed by atoms with E-state index in [0.29, 0.717) is 22.0 Å². The molecule has 0 saturated carbocycles. The Labute approximate surface area is 135 Å². The molecule has 0 aromatic heterocycles. The van der Waals surface area contributed by atoms with Crippen LogP contribution < -0.4 is 5.32 Å². The highest BCUT2D eigenvalue weighted by atomic mass is 35.5. The molecule has 1 atom stereocenters. The molecule has 1 nitrogen and oxygen atoms in total. The zero-order valence-corrected chi connectivity index (χ0v) is 13.4. The summed E-state index contributed by atoms with van der Waals surface area (Å²) in [4.78, 5) is 0. The van der Waals surface area contributed by atoms with Crippen molar-refractivity contribution in [1.29, 1.82) is 0 Å². The van der Waals surface area contributed by atoms with Crippen molar-refractivity contribution >= 4 is 23.2 Å². The zero-order valence-electron chi connectivity index (χ0n) is 11.9. The van der Waals surface area contributed by atoms with Crippen LogP contribution in [0.4, 0.5) is 4.39 Å². The summed E-state index contributed by atoms with van der Waals surface area (Å²) in [5.41, 5.74) is 1.64. The summed E-state index contributed by atoms with van der Waals surface area (Å²) in [5.74, 6) is -0.135. The van der Waals surface area contributed by atoms with Crippen molar-refractivity contribution in [3.8, 4) is 0 Å². The summed E-state index contributed by atoms with van der Waals surface area (Å²) >= 11 is 12.2. The summed E-state index contributed by atoms with van der Waals surface area (Å²) in [7, 11) is 0. The number of hydrogen-bond donors (Lipinski definition) is 1. The second-order valence-corrected chi connectivity index (χ2v) is 5.81. The third-order valence-electron chi connectivity index (χ3n) is 3.47. The number of nitrogens with one attached hydrogen (secondary N) is 1. The van der Waals surface area contributed by atoms with Crippen LogP contribution in [-0.4, -0.2) is 13.1 Å². The molecule has 4 heteroatoms. The highest BCUT2D eigenvalue weighted by Crippen LogP contribution is 2.28. The highest BCUT2D eigenvalue weighted by Gasteiger charge is 2.17. The van der Waals surface area contributed by atoms with Gasteiger partial charge in [-0.15, -0.1) is 0 Å². The van der Waals surface area contributed by atoms with E-state index >= 15 is 0 Å². The van der Waals surface area contributed by atoms with Gasteiger partial charge in [-0.3, -0.25) is 0 Å². The highest BCUT2D eigenvalue weighted by molar-refractivity contribution is 6.31. The Balaban J connectivity index is 2.28. The van der Waals surface area contributed by atoms with Gasteiger partial charge in [0.25, 0.3) is 0 Å². The standard InChI is InChI=1S/C17H18Cl2FN/c1-2-21-11-13(12-5-3-6-14(18)9-12)10-15-16(19)7-4-8-17(15)20/h3-9,13,21H,2,10-11H2,1H3. The molecule has 0 fully saturated rings. The second-order valence-electron chi connectivity index (χ2n) is 4.96. The van der Waals surface area contributed by atoms with Gasteiger partial charge in [0.15, 0.2) is 0 Å². The van der Waals surface area contributed by atoms with Crippen LogP contribution in [0.15, 0.2) is 42.5 Å². The maximum absolute atomic E-state index is 14.0. The smallest absolute Gasteiger partial charge is 0.127 e. The molecule has 0 saturated heterocycles. The molecule has 2 rings (SSSR count). The molecule has 0 aliphatic heterocycles. The molecule has 0 spiro atoms. The van der Waals surface area contributed by atoms with Gasteiger partial charge in [0, 0.05) is 28.1 Å². The van der Waals surface area contributed by atoms with Crippen molar-refractivity contribution < 1.29 is 4.39 Å². The summed E-state index contributed by atoms with van der Waals surface area (Å²) < 4.78 is 14.0. The van der Waals surface area contributed by atoms with Gasteiger partial charge in [-0.05, 0) is 42.8 Å². The van der Waals surface area contributed by atoms with Gasteiger partial charge < -0.3 is 5.32 Å². The minimum atomic E-state index is -0.258. The lowest BCUT2D eigenvalue weighted by atomic mass is 9.91. The number of rotatable bonds is 6. The van der Waals surface area contributed by atoms with Crippen LogP contribution >= 0.6 is 23.2 Å². The van der Waals surface area contributed by atoms with Crippen molar-refractivity contribution in [2.24, 2.45) is 0 Å². The molecule has 2 aromatic rings. The molecular formula is C17H18Cl2FN. The van der Waals surface area contributed by atoms with Crippen LogP contribution in [0.5, 0.6) is 0 Å². The zero-order chi connectivity index (χ0) is 15.2. The molecule has 0 bridgehead atoms. The van der Waals surface area contributed by atoms with Crippen molar-refractivity contribution in [3.05, 3.63) is 69.5 Å². The van der Waals surface area contributed by atoms with Crippen LogP contribution in [0.3, 0.4) is 0 Å². The average molecular weight is 326 g/mol. The fraction of sp³-hybridized carbons (Fsp3) is 0.294. The van der Waals surface area contributed by atoms with E-state index in [9.17, 15) is 4.39 Å². The molecule has 21 heavy (non-hydrogen) atoms. The van der Waals surface area contributed by atoms with Crippen LogP contribution in [0.2, 0.25) is 10.0 Å². The van der Waals surface area contributed by atoms with Crippen LogP contribution in [0.1, 0.15) is 24.0 Å². The molecule has 0 radical (unpaired) electrons. The van der Waals surface area contributed by atoms with E-state index < -0.39 is 0 Å². The van der Waals surface area contributed by atoms with E-state index in [2.05, 4.69) is 5.32 Å². The maximum atomic E-state index is 14.0. The molecule has 112 valence electrons. The second kappa shape index (κ2) is 7.79. The average Bonchev–Trinajstić information content (AvgIpc) is 2.46. The first kappa shape index (κ1) is 16.3. The molecule has 0 aliphatic carbocycles. The lowest BCUT2D eigenvalue weighted by molar-refractivity contribution is 0.562. The molecule has 1 unspecified atom stereocenters. The number of likely N-dealkylation sites (N-methyl/N-ethyl adjacent to an activating group) is 1. The minimum absolute atomic E-state index is 0.123. The van der Waals surface area contributed by atoms with Crippen molar-refractivity contribution in [2.75, 3.05) is 13.1 Å². The SMILES string of the molecule is CCNCC(Cc1c(F)cccc1Cl)c1cccc(Cl)c1. The van der Waals surface area contributed by atoms with E-state index in [0.717, 1.165) is 18.7 Å². The topological polar surface area (TPSA) is 12.0 Å². The van der Waals surface area contributed by atoms with Crippen molar-refractivity contribution in [2.45, 2.75) is 19.3 Å². The lowest BCUT2D eigenvalue weighted by Crippen LogP contribution is -2.23. The summed E-state index contributed by atoms with van der Waals surface area (Å²) in [6.45, 7) is 3.66. The Hall–Kier alpha value is -1.09. The fourth-order valence-electron chi connectivity index (χ4n) is 2.36. The van der Waals surface area contributed by atoms with Gasteiger partial charge >= 0.3 is 0 Å². The Kier molecular flexibility index (Phi) is 6.04. The van der Waals surface area contributed by atoms with Gasteiger partial charge in [-0.2, -0.15) is 0 Å². The minimum Gasteiger partial charge on any atom is -0.316 e. The van der Waals surface area contributed by atoms with Gasteiger partial charge in [-0.25, -0.2) is 4.39 Å². The van der Waals surface area contributed by atoms with Gasteiger partial charge in [0.05, 0.1) is 0 Å². The van der Waals surface area contributed by atoms with Gasteiger partial charge in [0.1, 0.15) is 5.82 Å². The molecule has 0 heterocycles. The van der Waals surface area contributed by atoms with E-state index in [1.165, 1.54) is 6.07 Å². The monoisotopic (exact) mass is 325 g/mol. The maximum Gasteiger partial charge on any atom is 0.127 e. The summed E-state index contributed by atoms with van der Waals surface area (Å²) in [6, 6.07) is 12.5. The number of benzene rings is 2. The molecule has 0 amide bonds. The fourth-order valence-corrected chi connectivity index (χ4v) is 2.80. The summed E-state index contributed by atoms with van der Waals surface area (Å²) in [6.07, 6.45) is 0.541. The Morgan fingerprint density at radius 1 is 1.14 bits per heavy atom. The predicted octanol–water partition coefficient (Wildman–Crippen LogP) is 5.07. The van der Waals surface area contributed by atoms with E-state index in [1.807, 2.05) is 31.2 Å². The van der Waals surface area contributed by atoms with Crippen molar-refractivity contribution in [1.82, 2.24) is 5.32 Å². The van der Waals surface area contributed by atoms with Gasteiger partial charge in [-0.1, -0.05) is 48.3 Å². The summed E-state index contributed by atoms with van der Waals surface area (Å²) in [5, 5.41) is 4.48. The Morgan fingerprint density at radius 3 is 2.57 bits per heavy atom. The normalized spacial score (nSPS) is 12.4.